The lowest BCUT2D eigenvalue weighted by Crippen LogP contribution is -2.33. The number of hydrogen-bond acceptors (Lipinski definition) is 5. The van der Waals surface area contributed by atoms with E-state index in [0.717, 1.165) is 31.4 Å². The fourth-order valence-electron chi connectivity index (χ4n) is 1.73. The molecule has 1 aliphatic rings. The molecule has 1 aromatic rings. The maximum Gasteiger partial charge on any atom is 0.188 e. The predicted molar refractivity (Wildman–Crippen MR) is 51.5 cm³/mol. The molecule has 0 aliphatic carbocycles. The third-order valence-corrected chi connectivity index (χ3v) is 2.56. The lowest BCUT2D eigenvalue weighted by Gasteiger charge is -2.22. The van der Waals surface area contributed by atoms with Gasteiger partial charge < -0.3 is 10.6 Å². The van der Waals surface area contributed by atoms with Crippen molar-refractivity contribution in [2.24, 2.45) is 5.92 Å². The van der Waals surface area contributed by atoms with Gasteiger partial charge in [0, 0.05) is 0 Å². The first-order valence-corrected chi connectivity index (χ1v) is 5.09. The van der Waals surface area contributed by atoms with Gasteiger partial charge in [-0.1, -0.05) is 5.21 Å². The van der Waals surface area contributed by atoms with Crippen LogP contribution in [-0.4, -0.2) is 40.3 Å². The third kappa shape index (κ3) is 2.74. The number of rotatable bonds is 4. The van der Waals surface area contributed by atoms with E-state index < -0.39 is 0 Å². The van der Waals surface area contributed by atoms with Crippen molar-refractivity contribution < 1.29 is 0 Å². The van der Waals surface area contributed by atoms with Crippen LogP contribution in [0.15, 0.2) is 0 Å². The zero-order valence-corrected chi connectivity index (χ0v) is 8.16. The Morgan fingerprint density at radius 3 is 2.93 bits per heavy atom. The summed E-state index contributed by atoms with van der Waals surface area (Å²) in [7, 11) is 0. The van der Waals surface area contributed by atoms with Crippen LogP contribution in [0.3, 0.4) is 0 Å². The Balaban J connectivity index is 1.62. The minimum absolute atomic E-state index is 0.709. The van der Waals surface area contributed by atoms with Crippen LogP contribution in [-0.2, 0) is 6.54 Å². The van der Waals surface area contributed by atoms with Gasteiger partial charge in [0.15, 0.2) is 5.82 Å². The van der Waals surface area contributed by atoms with E-state index in [1.54, 1.807) is 0 Å². The molecule has 1 aliphatic heterocycles. The maximum atomic E-state index is 3.88. The zero-order valence-electron chi connectivity index (χ0n) is 8.16. The summed E-state index contributed by atoms with van der Waals surface area (Å²) in [5.74, 6) is 1.53. The summed E-state index contributed by atoms with van der Waals surface area (Å²) >= 11 is 0. The van der Waals surface area contributed by atoms with E-state index in [0.29, 0.717) is 6.54 Å². The molecule has 2 heterocycles. The number of hydrogen-bond donors (Lipinski definition) is 3. The lowest BCUT2D eigenvalue weighted by atomic mass is 9.98. The van der Waals surface area contributed by atoms with Gasteiger partial charge >= 0.3 is 0 Å². The van der Waals surface area contributed by atoms with Crippen LogP contribution in [0, 0.1) is 5.92 Å². The summed E-state index contributed by atoms with van der Waals surface area (Å²) in [6, 6.07) is 0. The smallest absolute Gasteiger partial charge is 0.188 e. The number of tetrazole rings is 1. The van der Waals surface area contributed by atoms with Gasteiger partial charge in [-0.15, -0.1) is 10.2 Å². The van der Waals surface area contributed by atoms with E-state index in [1.807, 2.05) is 0 Å². The topological polar surface area (TPSA) is 78.5 Å². The normalized spacial score (nSPS) is 18.6. The summed E-state index contributed by atoms with van der Waals surface area (Å²) in [5, 5.41) is 20.4. The minimum Gasteiger partial charge on any atom is -0.317 e. The molecule has 14 heavy (non-hydrogen) atoms. The number of nitrogens with one attached hydrogen (secondary N) is 3. The fourth-order valence-corrected chi connectivity index (χ4v) is 1.73. The van der Waals surface area contributed by atoms with Gasteiger partial charge in [-0.2, -0.15) is 5.21 Å². The highest BCUT2D eigenvalue weighted by atomic mass is 15.5. The van der Waals surface area contributed by atoms with Gasteiger partial charge in [-0.25, -0.2) is 0 Å². The standard InChI is InChI=1S/C8H16N6/c1-3-9-4-2-7(1)5-10-6-8-11-13-14-12-8/h7,9-10H,1-6H2,(H,11,12,13,14). The van der Waals surface area contributed by atoms with Crippen molar-refractivity contribution in [1.29, 1.82) is 0 Å². The first kappa shape index (κ1) is 9.54. The van der Waals surface area contributed by atoms with Crippen molar-refractivity contribution in [3.8, 4) is 0 Å². The Hall–Kier alpha value is -1.01. The predicted octanol–water partition coefficient (Wildman–Crippen LogP) is -0.711. The van der Waals surface area contributed by atoms with E-state index in [-0.39, 0.29) is 0 Å². The number of aromatic nitrogens is 4. The molecule has 6 nitrogen and oxygen atoms in total. The maximum absolute atomic E-state index is 3.88. The summed E-state index contributed by atoms with van der Waals surface area (Å²) in [6.45, 7) is 4.06. The molecule has 0 radical (unpaired) electrons. The molecule has 0 unspecified atom stereocenters. The van der Waals surface area contributed by atoms with Crippen LogP contribution in [0.5, 0.6) is 0 Å². The molecule has 1 fully saturated rings. The monoisotopic (exact) mass is 196 g/mol. The summed E-state index contributed by atoms with van der Waals surface area (Å²) in [5.41, 5.74) is 0. The van der Waals surface area contributed by atoms with Crippen molar-refractivity contribution in [3.63, 3.8) is 0 Å². The van der Waals surface area contributed by atoms with Gasteiger partial charge in [0.2, 0.25) is 0 Å². The second kappa shape index (κ2) is 5.02. The molecule has 0 atom stereocenters. The van der Waals surface area contributed by atoms with Gasteiger partial charge in [0.25, 0.3) is 0 Å². The van der Waals surface area contributed by atoms with Crippen LogP contribution in [0.2, 0.25) is 0 Å². The molecule has 1 saturated heterocycles. The number of piperidine rings is 1. The average Bonchev–Trinajstić information content (AvgIpc) is 2.72. The average molecular weight is 196 g/mol. The van der Waals surface area contributed by atoms with Crippen LogP contribution >= 0.6 is 0 Å². The SMILES string of the molecule is C1CC(CNCc2nn[nH]n2)CCN1. The molecule has 6 heteroatoms. The molecule has 0 amide bonds. The van der Waals surface area contributed by atoms with Crippen molar-refractivity contribution in [3.05, 3.63) is 5.82 Å². The zero-order chi connectivity index (χ0) is 9.64. The van der Waals surface area contributed by atoms with Gasteiger partial charge in [0.1, 0.15) is 0 Å². The highest BCUT2D eigenvalue weighted by molar-refractivity contribution is 4.76. The quantitative estimate of drug-likeness (QED) is 0.593. The summed E-state index contributed by atoms with van der Waals surface area (Å²) in [4.78, 5) is 0. The Kier molecular flexibility index (Phi) is 3.42. The van der Waals surface area contributed by atoms with Crippen LogP contribution in [0.25, 0.3) is 0 Å². The fraction of sp³-hybridized carbons (Fsp3) is 0.875. The Bertz CT molecular complexity index is 240. The Morgan fingerprint density at radius 2 is 2.21 bits per heavy atom. The molecular weight excluding hydrogens is 180 g/mol. The summed E-state index contributed by atoms with van der Waals surface area (Å²) in [6.07, 6.45) is 2.53. The minimum atomic E-state index is 0.709. The molecule has 0 bridgehead atoms. The first-order chi connectivity index (χ1) is 6.95. The largest absolute Gasteiger partial charge is 0.317 e. The molecule has 3 N–H and O–H groups in total. The molecule has 78 valence electrons. The van der Waals surface area contributed by atoms with E-state index in [4.69, 9.17) is 0 Å². The molecule has 0 saturated carbocycles. The first-order valence-electron chi connectivity index (χ1n) is 5.09. The molecule has 2 rings (SSSR count). The van der Waals surface area contributed by atoms with Crippen LogP contribution < -0.4 is 10.6 Å². The lowest BCUT2D eigenvalue weighted by molar-refractivity contribution is 0.355. The van der Waals surface area contributed by atoms with Crippen molar-refractivity contribution in [2.75, 3.05) is 19.6 Å². The van der Waals surface area contributed by atoms with E-state index in [2.05, 4.69) is 31.3 Å². The van der Waals surface area contributed by atoms with Crippen molar-refractivity contribution in [2.45, 2.75) is 19.4 Å². The second-order valence-electron chi connectivity index (χ2n) is 3.65. The van der Waals surface area contributed by atoms with E-state index >= 15 is 0 Å². The van der Waals surface area contributed by atoms with E-state index in [1.165, 1.54) is 12.8 Å². The molecular formula is C8H16N6. The number of nitrogens with zero attached hydrogens (tertiary/aromatic N) is 3. The van der Waals surface area contributed by atoms with Crippen LogP contribution in [0.4, 0.5) is 0 Å². The van der Waals surface area contributed by atoms with Crippen molar-refractivity contribution >= 4 is 0 Å². The Morgan fingerprint density at radius 1 is 1.36 bits per heavy atom. The van der Waals surface area contributed by atoms with Gasteiger partial charge in [-0.05, 0) is 38.4 Å². The number of aromatic amines is 1. The van der Waals surface area contributed by atoms with Gasteiger partial charge in [0.05, 0.1) is 6.54 Å². The highest BCUT2D eigenvalue weighted by Gasteiger charge is 2.12. The Labute approximate surface area is 82.9 Å². The summed E-state index contributed by atoms with van der Waals surface area (Å²) < 4.78 is 0. The van der Waals surface area contributed by atoms with Gasteiger partial charge in [-0.3, -0.25) is 0 Å². The van der Waals surface area contributed by atoms with Crippen molar-refractivity contribution in [1.82, 2.24) is 31.3 Å². The van der Waals surface area contributed by atoms with Crippen LogP contribution in [0.1, 0.15) is 18.7 Å². The molecule has 0 aromatic carbocycles. The number of H-pyrrole nitrogens is 1. The third-order valence-electron chi connectivity index (χ3n) is 2.56. The molecule has 0 spiro atoms. The molecule has 1 aromatic heterocycles. The second-order valence-corrected chi connectivity index (χ2v) is 3.65. The highest BCUT2D eigenvalue weighted by Crippen LogP contribution is 2.09. The van der Waals surface area contributed by atoms with E-state index in [9.17, 15) is 0 Å².